The highest BCUT2D eigenvalue weighted by atomic mass is 79.9. The molecule has 1 heterocycles. The lowest BCUT2D eigenvalue weighted by atomic mass is 10.0. The van der Waals surface area contributed by atoms with Gasteiger partial charge in [0, 0.05) is 12.2 Å². The maximum Gasteiger partial charge on any atom is 0.123 e. The monoisotopic (exact) mass is 302 g/mol. The summed E-state index contributed by atoms with van der Waals surface area (Å²) in [5, 5.41) is 0. The SMILES string of the molecule is COc1ccc(F)cc1C(Br)C1CCCCO1. The Morgan fingerprint density at radius 3 is 2.94 bits per heavy atom. The molecule has 0 N–H and O–H groups in total. The molecule has 2 unspecified atom stereocenters. The van der Waals surface area contributed by atoms with E-state index in [0.29, 0.717) is 5.75 Å². The minimum absolute atomic E-state index is 0.0200. The van der Waals surface area contributed by atoms with Crippen LogP contribution in [0.15, 0.2) is 18.2 Å². The summed E-state index contributed by atoms with van der Waals surface area (Å²) in [6.45, 7) is 0.782. The van der Waals surface area contributed by atoms with E-state index in [1.165, 1.54) is 12.1 Å². The molecule has 2 nitrogen and oxygen atoms in total. The Kier molecular flexibility index (Phi) is 4.40. The third-order valence-corrected chi connectivity index (χ3v) is 4.11. The van der Waals surface area contributed by atoms with Gasteiger partial charge >= 0.3 is 0 Å². The second-order valence-electron chi connectivity index (χ2n) is 4.19. The number of benzene rings is 1. The molecule has 0 bridgehead atoms. The Labute approximate surface area is 109 Å². The van der Waals surface area contributed by atoms with Crippen molar-refractivity contribution in [3.8, 4) is 5.75 Å². The van der Waals surface area contributed by atoms with Crippen molar-refractivity contribution in [3.63, 3.8) is 0 Å². The average Bonchev–Trinajstić information content (AvgIpc) is 2.39. The van der Waals surface area contributed by atoms with E-state index >= 15 is 0 Å². The van der Waals surface area contributed by atoms with Gasteiger partial charge in [0.15, 0.2) is 0 Å². The fourth-order valence-corrected chi connectivity index (χ4v) is 2.89. The van der Waals surface area contributed by atoms with E-state index in [0.717, 1.165) is 31.4 Å². The predicted molar refractivity (Wildman–Crippen MR) is 68.2 cm³/mol. The summed E-state index contributed by atoms with van der Waals surface area (Å²) in [6, 6.07) is 4.57. The molecule has 0 saturated carbocycles. The molecule has 2 atom stereocenters. The average molecular weight is 303 g/mol. The number of methoxy groups -OCH3 is 1. The van der Waals surface area contributed by atoms with Gasteiger partial charge in [0.25, 0.3) is 0 Å². The van der Waals surface area contributed by atoms with Crippen molar-refractivity contribution in [2.45, 2.75) is 30.2 Å². The Morgan fingerprint density at radius 1 is 1.47 bits per heavy atom. The van der Waals surface area contributed by atoms with Crippen molar-refractivity contribution in [1.29, 1.82) is 0 Å². The summed E-state index contributed by atoms with van der Waals surface area (Å²) in [4.78, 5) is -0.0200. The van der Waals surface area contributed by atoms with Crippen molar-refractivity contribution in [2.24, 2.45) is 0 Å². The molecule has 17 heavy (non-hydrogen) atoms. The zero-order valence-electron chi connectivity index (χ0n) is 9.79. The summed E-state index contributed by atoms with van der Waals surface area (Å²) in [7, 11) is 1.60. The maximum atomic E-state index is 13.3. The first kappa shape index (κ1) is 12.8. The molecule has 1 aromatic rings. The standard InChI is InChI=1S/C13H16BrFO2/c1-16-11-6-5-9(15)8-10(11)13(14)12-4-2-3-7-17-12/h5-6,8,12-13H,2-4,7H2,1H3. The molecule has 0 aromatic heterocycles. The number of alkyl halides is 1. The van der Waals surface area contributed by atoms with Gasteiger partial charge in [-0.2, -0.15) is 0 Å². The third-order valence-electron chi connectivity index (χ3n) is 3.03. The van der Waals surface area contributed by atoms with Crippen LogP contribution in [0.5, 0.6) is 5.75 Å². The second kappa shape index (κ2) is 5.83. The first-order valence-corrected chi connectivity index (χ1v) is 6.73. The Morgan fingerprint density at radius 2 is 2.29 bits per heavy atom. The van der Waals surface area contributed by atoms with Crippen molar-refractivity contribution >= 4 is 15.9 Å². The summed E-state index contributed by atoms with van der Waals surface area (Å²) < 4.78 is 24.3. The van der Waals surface area contributed by atoms with Crippen LogP contribution in [0.1, 0.15) is 29.7 Å². The molecule has 4 heteroatoms. The van der Waals surface area contributed by atoms with Crippen LogP contribution in [0, 0.1) is 5.82 Å². The minimum atomic E-state index is -0.249. The molecule has 1 aliphatic heterocycles. The van der Waals surface area contributed by atoms with E-state index in [1.807, 2.05) is 0 Å². The van der Waals surface area contributed by atoms with Crippen LogP contribution in [0.2, 0.25) is 0 Å². The number of rotatable bonds is 3. The lowest BCUT2D eigenvalue weighted by Gasteiger charge is -2.28. The topological polar surface area (TPSA) is 18.5 Å². The van der Waals surface area contributed by atoms with E-state index in [-0.39, 0.29) is 16.7 Å². The molecule has 1 aromatic carbocycles. The quantitative estimate of drug-likeness (QED) is 0.790. The predicted octanol–water partition coefficient (Wildman–Crippen LogP) is 3.84. The number of hydrogen-bond donors (Lipinski definition) is 0. The van der Waals surface area contributed by atoms with Crippen molar-refractivity contribution < 1.29 is 13.9 Å². The van der Waals surface area contributed by atoms with Gasteiger partial charge in [-0.3, -0.25) is 0 Å². The zero-order valence-corrected chi connectivity index (χ0v) is 11.4. The molecule has 2 rings (SSSR count). The lowest BCUT2D eigenvalue weighted by molar-refractivity contribution is 0.0157. The fraction of sp³-hybridized carbons (Fsp3) is 0.538. The molecule has 0 radical (unpaired) electrons. The van der Waals surface area contributed by atoms with Crippen molar-refractivity contribution in [2.75, 3.05) is 13.7 Å². The van der Waals surface area contributed by atoms with Gasteiger partial charge in [0.2, 0.25) is 0 Å². The second-order valence-corrected chi connectivity index (χ2v) is 5.18. The normalized spacial score (nSPS) is 22.2. The van der Waals surface area contributed by atoms with Gasteiger partial charge in [-0.15, -0.1) is 0 Å². The van der Waals surface area contributed by atoms with E-state index in [2.05, 4.69) is 15.9 Å². The fourth-order valence-electron chi connectivity index (χ4n) is 2.12. The van der Waals surface area contributed by atoms with Crippen LogP contribution in [-0.4, -0.2) is 19.8 Å². The summed E-state index contributed by atoms with van der Waals surface area (Å²) in [5.41, 5.74) is 0.819. The molecule has 0 amide bonds. The van der Waals surface area contributed by atoms with Gasteiger partial charge in [-0.25, -0.2) is 4.39 Å². The van der Waals surface area contributed by atoms with Crippen molar-refractivity contribution in [1.82, 2.24) is 0 Å². The molecule has 1 aliphatic rings. The van der Waals surface area contributed by atoms with Crippen LogP contribution in [0.4, 0.5) is 4.39 Å². The first-order chi connectivity index (χ1) is 8.22. The third kappa shape index (κ3) is 2.99. The molecule has 94 valence electrons. The Balaban J connectivity index is 2.21. The minimum Gasteiger partial charge on any atom is -0.496 e. The van der Waals surface area contributed by atoms with E-state index < -0.39 is 0 Å². The molecule has 1 fully saturated rings. The zero-order chi connectivity index (χ0) is 12.3. The van der Waals surface area contributed by atoms with Gasteiger partial charge < -0.3 is 9.47 Å². The highest BCUT2D eigenvalue weighted by molar-refractivity contribution is 9.09. The number of halogens is 2. The molecular formula is C13H16BrFO2. The Hall–Kier alpha value is -0.610. The Bertz CT molecular complexity index is 378. The highest BCUT2D eigenvalue weighted by Crippen LogP contribution is 2.38. The van der Waals surface area contributed by atoms with Crippen LogP contribution < -0.4 is 4.74 Å². The molecule has 0 spiro atoms. The lowest BCUT2D eigenvalue weighted by Crippen LogP contribution is -2.23. The van der Waals surface area contributed by atoms with Gasteiger partial charge in [-0.1, -0.05) is 15.9 Å². The summed E-state index contributed by atoms with van der Waals surface area (Å²) >= 11 is 3.60. The van der Waals surface area contributed by atoms with E-state index in [1.54, 1.807) is 13.2 Å². The van der Waals surface area contributed by atoms with E-state index in [4.69, 9.17) is 9.47 Å². The van der Waals surface area contributed by atoms with Crippen molar-refractivity contribution in [3.05, 3.63) is 29.6 Å². The first-order valence-electron chi connectivity index (χ1n) is 5.81. The number of ether oxygens (including phenoxy) is 2. The van der Waals surface area contributed by atoms with Crippen LogP contribution in [0.3, 0.4) is 0 Å². The number of hydrogen-bond acceptors (Lipinski definition) is 2. The summed E-state index contributed by atoms with van der Waals surface area (Å²) in [5.74, 6) is 0.448. The maximum absolute atomic E-state index is 13.3. The van der Waals surface area contributed by atoms with Gasteiger partial charge in [-0.05, 0) is 37.5 Å². The van der Waals surface area contributed by atoms with Crippen LogP contribution in [0.25, 0.3) is 0 Å². The largest absolute Gasteiger partial charge is 0.496 e. The highest BCUT2D eigenvalue weighted by Gasteiger charge is 2.26. The van der Waals surface area contributed by atoms with E-state index in [9.17, 15) is 4.39 Å². The molecule has 0 aliphatic carbocycles. The summed E-state index contributed by atoms with van der Waals surface area (Å²) in [6.07, 6.45) is 3.36. The van der Waals surface area contributed by atoms with Gasteiger partial charge in [0.05, 0.1) is 18.0 Å². The van der Waals surface area contributed by atoms with Crippen LogP contribution in [-0.2, 0) is 4.74 Å². The smallest absolute Gasteiger partial charge is 0.123 e. The molecular weight excluding hydrogens is 287 g/mol. The van der Waals surface area contributed by atoms with Gasteiger partial charge in [0.1, 0.15) is 11.6 Å². The van der Waals surface area contributed by atoms with Crippen LogP contribution >= 0.6 is 15.9 Å². The molecule has 1 saturated heterocycles.